The van der Waals surface area contributed by atoms with Gasteiger partial charge in [0.15, 0.2) is 5.65 Å². The fraction of sp³-hybridized carbons (Fsp3) is 0.261. The number of ether oxygens (including phenoxy) is 1. The molecule has 1 aliphatic rings. The molecule has 7 nitrogen and oxygen atoms in total. The Morgan fingerprint density at radius 1 is 1.07 bits per heavy atom. The molecule has 2 aromatic heterocycles. The van der Waals surface area contributed by atoms with Gasteiger partial charge in [0.25, 0.3) is 0 Å². The zero-order valence-electron chi connectivity index (χ0n) is 16.7. The van der Waals surface area contributed by atoms with Crippen molar-refractivity contribution < 1.29 is 9.84 Å². The lowest BCUT2D eigenvalue weighted by atomic mass is 10.1. The smallest absolute Gasteiger partial charge is 0.164 e. The van der Waals surface area contributed by atoms with Crippen molar-refractivity contribution in [3.05, 3.63) is 60.9 Å². The Hall–Kier alpha value is -3.45. The Morgan fingerprint density at radius 3 is 2.50 bits per heavy atom. The van der Waals surface area contributed by atoms with E-state index in [0.717, 1.165) is 41.0 Å². The molecule has 1 aliphatic carbocycles. The molecule has 0 aliphatic heterocycles. The first-order valence-corrected chi connectivity index (χ1v) is 10.0. The number of hydrogen-bond donors (Lipinski definition) is 2. The molecule has 152 valence electrons. The maximum Gasteiger partial charge on any atom is 0.164 e. The SMILES string of the molecule is CC1(O)CCC(n2nc(-c3ccc(Oc4ccccc4)cc3)c3c(N)ncnc32)C1. The number of benzene rings is 2. The Bertz CT molecular complexity index is 1190. The molecular weight excluding hydrogens is 378 g/mol. The molecule has 30 heavy (non-hydrogen) atoms. The van der Waals surface area contributed by atoms with Gasteiger partial charge in [0.1, 0.15) is 29.3 Å². The van der Waals surface area contributed by atoms with Gasteiger partial charge in [-0.05, 0) is 62.6 Å². The molecule has 4 aromatic rings. The van der Waals surface area contributed by atoms with E-state index in [0.29, 0.717) is 17.9 Å². The summed E-state index contributed by atoms with van der Waals surface area (Å²) >= 11 is 0. The molecule has 2 unspecified atom stereocenters. The fourth-order valence-electron chi connectivity index (χ4n) is 4.16. The molecular formula is C23H23N5O2. The highest BCUT2D eigenvalue weighted by Crippen LogP contribution is 2.40. The van der Waals surface area contributed by atoms with Crippen molar-refractivity contribution >= 4 is 16.9 Å². The van der Waals surface area contributed by atoms with Gasteiger partial charge >= 0.3 is 0 Å². The van der Waals surface area contributed by atoms with E-state index < -0.39 is 5.60 Å². The highest BCUT2D eigenvalue weighted by Gasteiger charge is 2.36. The molecule has 0 amide bonds. The van der Waals surface area contributed by atoms with Crippen LogP contribution in [0, 0.1) is 0 Å². The van der Waals surface area contributed by atoms with Crippen LogP contribution < -0.4 is 10.5 Å². The van der Waals surface area contributed by atoms with E-state index in [-0.39, 0.29) is 6.04 Å². The number of aliphatic hydroxyl groups is 1. The van der Waals surface area contributed by atoms with Gasteiger partial charge in [0, 0.05) is 5.56 Å². The summed E-state index contributed by atoms with van der Waals surface area (Å²) in [5.74, 6) is 1.92. The van der Waals surface area contributed by atoms with Gasteiger partial charge in [-0.25, -0.2) is 14.6 Å². The molecule has 3 N–H and O–H groups in total. The maximum atomic E-state index is 10.4. The van der Waals surface area contributed by atoms with Crippen molar-refractivity contribution in [3.63, 3.8) is 0 Å². The number of nitrogens with two attached hydrogens (primary N) is 1. The lowest BCUT2D eigenvalue weighted by molar-refractivity contribution is 0.0637. The second-order valence-corrected chi connectivity index (χ2v) is 8.08. The van der Waals surface area contributed by atoms with E-state index in [4.69, 9.17) is 15.6 Å². The number of nitrogen functional groups attached to an aromatic ring is 1. The van der Waals surface area contributed by atoms with Crippen LogP contribution in [0.5, 0.6) is 11.5 Å². The third kappa shape index (κ3) is 3.37. The first kappa shape index (κ1) is 18.6. The number of nitrogens with zero attached hydrogens (tertiary/aromatic N) is 4. The van der Waals surface area contributed by atoms with Gasteiger partial charge in [-0.1, -0.05) is 18.2 Å². The lowest BCUT2D eigenvalue weighted by Gasteiger charge is -2.16. The Morgan fingerprint density at radius 2 is 1.80 bits per heavy atom. The number of hydrogen-bond acceptors (Lipinski definition) is 6. The van der Waals surface area contributed by atoms with Crippen molar-refractivity contribution in [2.24, 2.45) is 0 Å². The predicted molar refractivity (Wildman–Crippen MR) is 115 cm³/mol. The second-order valence-electron chi connectivity index (χ2n) is 8.08. The van der Waals surface area contributed by atoms with Crippen molar-refractivity contribution in [1.82, 2.24) is 19.7 Å². The van der Waals surface area contributed by atoms with Crippen LogP contribution in [0.2, 0.25) is 0 Å². The molecule has 0 bridgehead atoms. The number of fused-ring (bicyclic) bond motifs is 1. The Kier molecular flexibility index (Phi) is 4.40. The zero-order valence-corrected chi connectivity index (χ0v) is 16.7. The van der Waals surface area contributed by atoms with E-state index in [1.165, 1.54) is 6.33 Å². The molecule has 2 aromatic carbocycles. The summed E-state index contributed by atoms with van der Waals surface area (Å²) < 4.78 is 7.79. The van der Waals surface area contributed by atoms with E-state index in [1.54, 1.807) is 0 Å². The molecule has 0 radical (unpaired) electrons. The summed E-state index contributed by atoms with van der Waals surface area (Å²) in [7, 11) is 0. The van der Waals surface area contributed by atoms with E-state index in [9.17, 15) is 5.11 Å². The third-order valence-electron chi connectivity index (χ3n) is 5.66. The summed E-state index contributed by atoms with van der Waals surface area (Å²) in [6.07, 6.45) is 3.68. The highest BCUT2D eigenvalue weighted by atomic mass is 16.5. The van der Waals surface area contributed by atoms with Gasteiger partial charge in [-0.2, -0.15) is 5.10 Å². The molecule has 0 saturated heterocycles. The highest BCUT2D eigenvalue weighted by molar-refractivity contribution is 5.98. The van der Waals surface area contributed by atoms with E-state index >= 15 is 0 Å². The van der Waals surface area contributed by atoms with Gasteiger partial charge in [-0.3, -0.25) is 0 Å². The van der Waals surface area contributed by atoms with Crippen LogP contribution in [0.15, 0.2) is 60.9 Å². The average molecular weight is 401 g/mol. The Labute approximate surface area is 174 Å². The van der Waals surface area contributed by atoms with Crippen molar-refractivity contribution in [2.75, 3.05) is 5.73 Å². The van der Waals surface area contributed by atoms with Crippen LogP contribution in [-0.2, 0) is 0 Å². The largest absolute Gasteiger partial charge is 0.457 e. The summed E-state index contributed by atoms with van der Waals surface area (Å²) in [6.45, 7) is 1.87. The molecule has 2 heterocycles. The number of rotatable bonds is 4. The van der Waals surface area contributed by atoms with Crippen LogP contribution in [-0.4, -0.2) is 30.5 Å². The van der Waals surface area contributed by atoms with E-state index in [2.05, 4.69) is 9.97 Å². The fourth-order valence-corrected chi connectivity index (χ4v) is 4.16. The van der Waals surface area contributed by atoms with Crippen LogP contribution in [0.25, 0.3) is 22.3 Å². The van der Waals surface area contributed by atoms with Gasteiger partial charge in [0.2, 0.25) is 0 Å². The number of anilines is 1. The maximum absolute atomic E-state index is 10.4. The monoisotopic (exact) mass is 401 g/mol. The third-order valence-corrected chi connectivity index (χ3v) is 5.66. The minimum absolute atomic E-state index is 0.0752. The van der Waals surface area contributed by atoms with Crippen LogP contribution >= 0.6 is 0 Å². The first-order valence-electron chi connectivity index (χ1n) is 10.0. The number of para-hydroxylation sites is 1. The summed E-state index contributed by atoms with van der Waals surface area (Å²) in [4.78, 5) is 8.63. The molecule has 1 saturated carbocycles. The van der Waals surface area contributed by atoms with Crippen LogP contribution in [0.3, 0.4) is 0 Å². The molecule has 0 spiro atoms. The molecule has 7 heteroatoms. The molecule has 5 rings (SSSR count). The van der Waals surface area contributed by atoms with E-state index in [1.807, 2.05) is 66.2 Å². The Balaban J connectivity index is 1.53. The van der Waals surface area contributed by atoms with Crippen LogP contribution in [0.4, 0.5) is 5.82 Å². The van der Waals surface area contributed by atoms with Gasteiger partial charge < -0.3 is 15.6 Å². The standard InChI is InChI=1S/C23H23N5O2/c1-23(29)12-11-16(13-23)28-22-19(21(24)25-14-26-22)20(27-28)15-7-9-18(10-8-15)30-17-5-3-2-4-6-17/h2-10,14,16,29H,11-13H2,1H3,(H2,24,25,26). The molecule has 2 atom stereocenters. The van der Waals surface area contributed by atoms with Crippen molar-refractivity contribution in [2.45, 2.75) is 37.8 Å². The van der Waals surface area contributed by atoms with Crippen molar-refractivity contribution in [1.29, 1.82) is 0 Å². The topological polar surface area (TPSA) is 99.1 Å². The zero-order chi connectivity index (χ0) is 20.7. The van der Waals surface area contributed by atoms with Gasteiger partial charge in [-0.15, -0.1) is 0 Å². The average Bonchev–Trinajstić information content (AvgIpc) is 3.30. The second kappa shape index (κ2) is 7.11. The minimum atomic E-state index is -0.682. The number of aromatic nitrogens is 4. The normalized spacial score (nSPS) is 21.2. The molecule has 1 fully saturated rings. The van der Waals surface area contributed by atoms with Crippen LogP contribution in [0.1, 0.15) is 32.2 Å². The summed E-state index contributed by atoms with van der Waals surface area (Å²) in [5, 5.41) is 16.0. The minimum Gasteiger partial charge on any atom is -0.457 e. The van der Waals surface area contributed by atoms with Crippen molar-refractivity contribution in [3.8, 4) is 22.8 Å². The predicted octanol–water partition coefficient (Wildman–Crippen LogP) is 4.34. The first-order chi connectivity index (χ1) is 14.5. The summed E-state index contributed by atoms with van der Waals surface area (Å²) in [6, 6.07) is 17.5. The lowest BCUT2D eigenvalue weighted by Crippen LogP contribution is -2.20. The summed E-state index contributed by atoms with van der Waals surface area (Å²) in [5.41, 5.74) is 7.87. The van der Waals surface area contributed by atoms with Gasteiger partial charge in [0.05, 0.1) is 17.0 Å². The quantitative estimate of drug-likeness (QED) is 0.528.